The molecule has 0 aliphatic rings. The second kappa shape index (κ2) is 5.93. The number of benzene rings is 2. The second-order valence-electron chi connectivity index (χ2n) is 4.95. The van der Waals surface area contributed by atoms with Crippen LogP contribution in [0.25, 0.3) is 0 Å². The van der Waals surface area contributed by atoms with E-state index in [1.807, 2.05) is 13.8 Å². The van der Waals surface area contributed by atoms with E-state index in [0.29, 0.717) is 6.07 Å². The van der Waals surface area contributed by atoms with E-state index in [1.54, 1.807) is 12.1 Å². The highest BCUT2D eigenvalue weighted by molar-refractivity contribution is 7.91. The van der Waals surface area contributed by atoms with E-state index in [4.69, 9.17) is 0 Å². The highest BCUT2D eigenvalue weighted by atomic mass is 32.2. The van der Waals surface area contributed by atoms with E-state index < -0.39 is 21.5 Å². The predicted octanol–water partition coefficient (Wildman–Crippen LogP) is 4.06. The summed E-state index contributed by atoms with van der Waals surface area (Å²) in [5, 5.41) is 0. The summed E-state index contributed by atoms with van der Waals surface area (Å²) >= 11 is 0. The van der Waals surface area contributed by atoms with Gasteiger partial charge < -0.3 is 0 Å². The van der Waals surface area contributed by atoms with Gasteiger partial charge in [-0.2, -0.15) is 0 Å². The lowest BCUT2D eigenvalue weighted by molar-refractivity contribution is 0.567. The molecule has 2 nitrogen and oxygen atoms in total. The molecule has 0 bridgehead atoms. The van der Waals surface area contributed by atoms with E-state index in [9.17, 15) is 17.2 Å². The van der Waals surface area contributed by atoms with E-state index in [2.05, 4.69) is 0 Å². The quantitative estimate of drug-likeness (QED) is 0.853. The van der Waals surface area contributed by atoms with E-state index in [0.717, 1.165) is 36.1 Å². The van der Waals surface area contributed by atoms with Crippen LogP contribution in [0.2, 0.25) is 0 Å². The van der Waals surface area contributed by atoms with Gasteiger partial charge in [-0.1, -0.05) is 19.4 Å². The molecule has 2 aromatic carbocycles. The fraction of sp³-hybridized carbons (Fsp3) is 0.250. The van der Waals surface area contributed by atoms with Gasteiger partial charge in [0.15, 0.2) is 0 Å². The zero-order valence-corrected chi connectivity index (χ0v) is 12.7. The van der Waals surface area contributed by atoms with Crippen LogP contribution in [0.5, 0.6) is 0 Å². The fourth-order valence-corrected chi connectivity index (χ4v) is 3.53. The van der Waals surface area contributed by atoms with Crippen molar-refractivity contribution < 1.29 is 17.2 Å². The van der Waals surface area contributed by atoms with Crippen molar-refractivity contribution in [3.63, 3.8) is 0 Å². The van der Waals surface area contributed by atoms with E-state index in [-0.39, 0.29) is 9.79 Å². The molecule has 0 radical (unpaired) electrons. The summed E-state index contributed by atoms with van der Waals surface area (Å²) in [5.74, 6) is -1.82. The molecule has 0 saturated carbocycles. The molecule has 112 valence electrons. The second-order valence-corrected chi connectivity index (χ2v) is 6.90. The highest BCUT2D eigenvalue weighted by Gasteiger charge is 2.20. The number of sulfone groups is 1. The van der Waals surface area contributed by atoms with Crippen molar-refractivity contribution in [1.82, 2.24) is 0 Å². The van der Waals surface area contributed by atoms with Crippen molar-refractivity contribution >= 4 is 9.84 Å². The van der Waals surface area contributed by atoms with Crippen LogP contribution in [-0.2, 0) is 16.3 Å². The molecule has 0 spiro atoms. The largest absolute Gasteiger partial charge is 0.219 e. The smallest absolute Gasteiger partial charge is 0.206 e. The first-order valence-electron chi connectivity index (χ1n) is 6.65. The Balaban J connectivity index is 2.56. The average Bonchev–Trinajstić information content (AvgIpc) is 2.40. The number of aryl methyl sites for hydroxylation is 2. The Morgan fingerprint density at radius 2 is 1.57 bits per heavy atom. The van der Waals surface area contributed by atoms with Gasteiger partial charge >= 0.3 is 0 Å². The van der Waals surface area contributed by atoms with Crippen LogP contribution in [0.15, 0.2) is 46.2 Å². The Bertz CT molecular complexity index is 748. The first-order valence-corrected chi connectivity index (χ1v) is 8.13. The molecular weight excluding hydrogens is 294 g/mol. The third-order valence-electron chi connectivity index (χ3n) is 3.30. The molecule has 0 aliphatic carbocycles. The lowest BCUT2D eigenvalue weighted by atomic mass is 10.0. The monoisotopic (exact) mass is 310 g/mol. The van der Waals surface area contributed by atoms with Gasteiger partial charge in [0.2, 0.25) is 9.84 Å². The van der Waals surface area contributed by atoms with Crippen LogP contribution < -0.4 is 0 Å². The molecule has 21 heavy (non-hydrogen) atoms. The standard InChI is InChI=1S/C16H16F2O2S/c1-3-4-12-7-15(6-5-11(12)2)21(19,20)16-9-13(17)8-14(18)10-16/h5-10H,3-4H2,1-2H3. The number of halogens is 2. The number of hydrogen-bond donors (Lipinski definition) is 0. The van der Waals surface area contributed by atoms with Gasteiger partial charge in [-0.25, -0.2) is 17.2 Å². The van der Waals surface area contributed by atoms with Gasteiger partial charge in [-0.15, -0.1) is 0 Å². The van der Waals surface area contributed by atoms with Crippen LogP contribution in [0.3, 0.4) is 0 Å². The molecule has 2 rings (SSSR count). The third-order valence-corrected chi connectivity index (χ3v) is 5.03. The van der Waals surface area contributed by atoms with E-state index >= 15 is 0 Å². The van der Waals surface area contributed by atoms with Crippen LogP contribution >= 0.6 is 0 Å². The Hall–Kier alpha value is -1.75. The van der Waals surface area contributed by atoms with Crippen LogP contribution in [0.1, 0.15) is 24.5 Å². The summed E-state index contributed by atoms with van der Waals surface area (Å²) in [7, 11) is -3.92. The van der Waals surface area contributed by atoms with Gasteiger partial charge in [-0.3, -0.25) is 0 Å². The molecule has 0 unspecified atom stereocenters. The Kier molecular flexibility index (Phi) is 4.42. The number of rotatable bonds is 4. The van der Waals surface area contributed by atoms with Gasteiger partial charge in [0, 0.05) is 6.07 Å². The Labute approximate surface area is 123 Å². The Morgan fingerprint density at radius 1 is 0.952 bits per heavy atom. The minimum absolute atomic E-state index is 0.0570. The molecule has 0 atom stereocenters. The minimum atomic E-state index is -3.92. The summed E-state index contributed by atoms with van der Waals surface area (Å²) in [6, 6.07) is 7.07. The molecule has 0 fully saturated rings. The fourth-order valence-electron chi connectivity index (χ4n) is 2.17. The molecule has 0 saturated heterocycles. The van der Waals surface area contributed by atoms with Crippen molar-refractivity contribution in [3.8, 4) is 0 Å². The summed E-state index contributed by atoms with van der Waals surface area (Å²) < 4.78 is 51.4. The van der Waals surface area contributed by atoms with Gasteiger partial charge in [0.1, 0.15) is 11.6 Å². The van der Waals surface area contributed by atoms with Crippen molar-refractivity contribution in [2.24, 2.45) is 0 Å². The summed E-state index contributed by atoms with van der Waals surface area (Å²) in [5.41, 5.74) is 1.93. The lowest BCUT2D eigenvalue weighted by Gasteiger charge is -2.09. The average molecular weight is 310 g/mol. The first kappa shape index (κ1) is 15.6. The molecule has 0 heterocycles. The lowest BCUT2D eigenvalue weighted by Crippen LogP contribution is -2.04. The van der Waals surface area contributed by atoms with Crippen molar-refractivity contribution in [1.29, 1.82) is 0 Å². The van der Waals surface area contributed by atoms with Crippen LogP contribution in [-0.4, -0.2) is 8.42 Å². The maximum absolute atomic E-state index is 13.2. The van der Waals surface area contributed by atoms with Crippen LogP contribution in [0.4, 0.5) is 8.78 Å². The third kappa shape index (κ3) is 3.29. The van der Waals surface area contributed by atoms with Crippen molar-refractivity contribution in [2.45, 2.75) is 36.5 Å². The molecule has 0 amide bonds. The minimum Gasteiger partial charge on any atom is -0.219 e. The molecular formula is C16H16F2O2S. The number of hydrogen-bond acceptors (Lipinski definition) is 2. The maximum Gasteiger partial charge on any atom is 0.206 e. The van der Waals surface area contributed by atoms with E-state index in [1.165, 1.54) is 6.07 Å². The van der Waals surface area contributed by atoms with Gasteiger partial charge in [-0.05, 0) is 48.7 Å². The summed E-state index contributed by atoms with van der Waals surface area (Å²) in [6.07, 6.45) is 1.64. The first-order chi connectivity index (χ1) is 9.84. The SMILES string of the molecule is CCCc1cc(S(=O)(=O)c2cc(F)cc(F)c2)ccc1C. The highest BCUT2D eigenvalue weighted by Crippen LogP contribution is 2.25. The normalized spacial score (nSPS) is 11.6. The molecule has 0 aliphatic heterocycles. The maximum atomic E-state index is 13.2. The summed E-state index contributed by atoms with van der Waals surface area (Å²) in [4.78, 5) is -0.312. The van der Waals surface area contributed by atoms with Crippen molar-refractivity contribution in [3.05, 3.63) is 59.2 Å². The molecule has 0 aromatic heterocycles. The van der Waals surface area contributed by atoms with Crippen LogP contribution in [0, 0.1) is 18.6 Å². The zero-order valence-electron chi connectivity index (χ0n) is 11.9. The Morgan fingerprint density at radius 3 is 2.14 bits per heavy atom. The topological polar surface area (TPSA) is 34.1 Å². The molecule has 0 N–H and O–H groups in total. The molecule has 5 heteroatoms. The molecule has 2 aromatic rings. The van der Waals surface area contributed by atoms with Crippen molar-refractivity contribution in [2.75, 3.05) is 0 Å². The van der Waals surface area contributed by atoms with Gasteiger partial charge in [0.25, 0.3) is 0 Å². The predicted molar refractivity (Wildman–Crippen MR) is 77.0 cm³/mol. The zero-order chi connectivity index (χ0) is 15.6. The summed E-state index contributed by atoms with van der Waals surface area (Å²) in [6.45, 7) is 3.91. The van der Waals surface area contributed by atoms with Gasteiger partial charge in [0.05, 0.1) is 9.79 Å².